The van der Waals surface area contributed by atoms with Crippen LogP contribution in [0.25, 0.3) is 6.08 Å². The molecule has 0 aliphatic carbocycles. The summed E-state index contributed by atoms with van der Waals surface area (Å²) >= 11 is 0. The lowest BCUT2D eigenvalue weighted by Crippen LogP contribution is -2.29. The fourth-order valence-corrected chi connectivity index (χ4v) is 2.66. The lowest BCUT2D eigenvalue weighted by molar-refractivity contribution is -0.148. The number of carbonyl (C=O) groups is 2. The Morgan fingerprint density at radius 3 is 2.69 bits per heavy atom. The standard InChI is InChI=1S/C22H23NO6/c1-15(22(25)23-17-5-3-6-18(14-17)26-2)29-21(24)10-8-16-7-9-19-20(13-16)28-12-4-11-27-19/h3,5-10,13-15H,4,11-12H2,1-2H3,(H,23,25)/b10-8+/t15-/m1/s1. The molecule has 1 aliphatic heterocycles. The van der Waals surface area contributed by atoms with Crippen LogP contribution in [0.3, 0.4) is 0 Å². The Balaban J connectivity index is 1.55. The van der Waals surface area contributed by atoms with Crippen LogP contribution in [0.1, 0.15) is 18.9 Å². The van der Waals surface area contributed by atoms with E-state index in [4.69, 9.17) is 18.9 Å². The number of hydrogen-bond donors (Lipinski definition) is 1. The van der Waals surface area contributed by atoms with Gasteiger partial charge in [-0.1, -0.05) is 12.1 Å². The highest BCUT2D eigenvalue weighted by Crippen LogP contribution is 2.30. The zero-order valence-corrected chi connectivity index (χ0v) is 16.3. The van der Waals surface area contributed by atoms with Gasteiger partial charge in [-0.3, -0.25) is 4.79 Å². The second-order valence-electron chi connectivity index (χ2n) is 6.39. The Labute approximate surface area is 169 Å². The number of ether oxygens (including phenoxy) is 4. The monoisotopic (exact) mass is 397 g/mol. The van der Waals surface area contributed by atoms with E-state index in [1.165, 1.54) is 13.0 Å². The van der Waals surface area contributed by atoms with Crippen LogP contribution in [0.5, 0.6) is 17.2 Å². The minimum atomic E-state index is -0.956. The van der Waals surface area contributed by atoms with Crippen LogP contribution in [0.4, 0.5) is 5.69 Å². The smallest absolute Gasteiger partial charge is 0.331 e. The number of methoxy groups -OCH3 is 1. The molecule has 7 nitrogen and oxygen atoms in total. The van der Waals surface area contributed by atoms with Crippen molar-refractivity contribution in [3.8, 4) is 17.2 Å². The Kier molecular flexibility index (Phi) is 6.73. The van der Waals surface area contributed by atoms with E-state index in [-0.39, 0.29) is 0 Å². The van der Waals surface area contributed by atoms with Crippen LogP contribution in [0.15, 0.2) is 48.5 Å². The molecule has 0 saturated heterocycles. The van der Waals surface area contributed by atoms with E-state index in [0.29, 0.717) is 36.1 Å². The molecule has 0 spiro atoms. The summed E-state index contributed by atoms with van der Waals surface area (Å²) in [5.74, 6) is 0.889. The van der Waals surface area contributed by atoms with Crippen molar-refractivity contribution in [2.45, 2.75) is 19.4 Å². The van der Waals surface area contributed by atoms with Crippen molar-refractivity contribution < 1.29 is 28.5 Å². The molecule has 0 saturated carbocycles. The average molecular weight is 397 g/mol. The SMILES string of the molecule is COc1cccc(NC(=O)[C@@H](C)OC(=O)/C=C/c2ccc3c(c2)OCCCO3)c1. The quantitative estimate of drug-likeness (QED) is 0.594. The van der Waals surface area contributed by atoms with Gasteiger partial charge >= 0.3 is 5.97 Å². The van der Waals surface area contributed by atoms with Gasteiger partial charge in [-0.05, 0) is 42.8 Å². The molecular weight excluding hydrogens is 374 g/mol. The summed E-state index contributed by atoms with van der Waals surface area (Å²) in [5.41, 5.74) is 1.32. The maximum absolute atomic E-state index is 12.2. The van der Waals surface area contributed by atoms with Crippen molar-refractivity contribution in [1.82, 2.24) is 0 Å². The summed E-state index contributed by atoms with van der Waals surface area (Å²) in [6.45, 7) is 2.71. The summed E-state index contributed by atoms with van der Waals surface area (Å²) in [6, 6.07) is 12.3. The molecule has 0 radical (unpaired) electrons. The predicted octanol–water partition coefficient (Wildman–Crippen LogP) is 3.44. The number of rotatable bonds is 6. The molecule has 0 fully saturated rings. The molecule has 1 amide bonds. The van der Waals surface area contributed by atoms with Gasteiger partial charge in [-0.25, -0.2) is 4.79 Å². The van der Waals surface area contributed by atoms with E-state index in [1.54, 1.807) is 49.6 Å². The minimum Gasteiger partial charge on any atom is -0.497 e. The number of carbonyl (C=O) groups excluding carboxylic acids is 2. The van der Waals surface area contributed by atoms with Gasteiger partial charge in [0.1, 0.15) is 5.75 Å². The zero-order chi connectivity index (χ0) is 20.6. The van der Waals surface area contributed by atoms with Crippen LogP contribution in [-0.2, 0) is 14.3 Å². The minimum absolute atomic E-state index is 0.435. The highest BCUT2D eigenvalue weighted by molar-refractivity contribution is 5.96. The number of benzene rings is 2. The number of hydrogen-bond acceptors (Lipinski definition) is 6. The number of esters is 1. The van der Waals surface area contributed by atoms with Gasteiger partial charge in [0, 0.05) is 24.3 Å². The first-order chi connectivity index (χ1) is 14.0. The van der Waals surface area contributed by atoms with Gasteiger partial charge in [-0.2, -0.15) is 0 Å². The van der Waals surface area contributed by atoms with E-state index in [2.05, 4.69) is 5.32 Å². The maximum atomic E-state index is 12.2. The van der Waals surface area contributed by atoms with Crippen LogP contribution in [0, 0.1) is 0 Å². The van der Waals surface area contributed by atoms with Crippen LogP contribution in [0.2, 0.25) is 0 Å². The molecule has 1 heterocycles. The molecule has 7 heteroatoms. The summed E-state index contributed by atoms with van der Waals surface area (Å²) in [7, 11) is 1.54. The lowest BCUT2D eigenvalue weighted by atomic mass is 10.2. The Hall–Kier alpha value is -3.48. The molecule has 2 aromatic rings. The number of nitrogens with one attached hydrogen (secondary N) is 1. The molecule has 1 N–H and O–H groups in total. The Morgan fingerprint density at radius 2 is 1.90 bits per heavy atom. The molecule has 0 bridgehead atoms. The van der Waals surface area contributed by atoms with Gasteiger partial charge in [-0.15, -0.1) is 0 Å². The van der Waals surface area contributed by atoms with Crippen molar-refractivity contribution >= 4 is 23.6 Å². The first kappa shape index (κ1) is 20.3. The van der Waals surface area contributed by atoms with Crippen LogP contribution < -0.4 is 19.5 Å². The third kappa shape index (κ3) is 5.75. The molecule has 2 aromatic carbocycles. The molecule has 3 rings (SSSR count). The maximum Gasteiger partial charge on any atom is 0.331 e. The number of fused-ring (bicyclic) bond motifs is 1. The van der Waals surface area contributed by atoms with E-state index in [9.17, 15) is 9.59 Å². The molecule has 0 unspecified atom stereocenters. The molecule has 0 aromatic heterocycles. The van der Waals surface area contributed by atoms with E-state index < -0.39 is 18.0 Å². The molecule has 152 valence electrons. The summed E-state index contributed by atoms with van der Waals surface area (Å²) in [6.07, 6.45) is 2.74. The first-order valence-electron chi connectivity index (χ1n) is 9.28. The molecule has 1 atom stereocenters. The fraction of sp³-hybridized carbons (Fsp3) is 0.273. The number of amides is 1. The predicted molar refractivity (Wildman–Crippen MR) is 108 cm³/mol. The Bertz CT molecular complexity index is 908. The molecular formula is C22H23NO6. The molecule has 1 aliphatic rings. The summed E-state index contributed by atoms with van der Waals surface area (Å²) in [4.78, 5) is 24.3. The van der Waals surface area contributed by atoms with Gasteiger partial charge < -0.3 is 24.3 Å². The number of anilines is 1. The largest absolute Gasteiger partial charge is 0.497 e. The third-order valence-corrected chi connectivity index (χ3v) is 4.18. The van der Waals surface area contributed by atoms with Crippen molar-refractivity contribution in [2.24, 2.45) is 0 Å². The highest BCUT2D eigenvalue weighted by Gasteiger charge is 2.17. The van der Waals surface area contributed by atoms with Crippen LogP contribution in [-0.4, -0.2) is 38.3 Å². The molecule has 29 heavy (non-hydrogen) atoms. The van der Waals surface area contributed by atoms with E-state index in [0.717, 1.165) is 12.0 Å². The summed E-state index contributed by atoms with van der Waals surface area (Å²) in [5, 5.41) is 2.68. The van der Waals surface area contributed by atoms with Crippen molar-refractivity contribution in [2.75, 3.05) is 25.6 Å². The van der Waals surface area contributed by atoms with E-state index in [1.807, 2.05) is 6.07 Å². The third-order valence-electron chi connectivity index (χ3n) is 4.18. The zero-order valence-electron chi connectivity index (χ0n) is 16.3. The highest BCUT2D eigenvalue weighted by atomic mass is 16.5. The average Bonchev–Trinajstić information content (AvgIpc) is 2.97. The lowest BCUT2D eigenvalue weighted by Gasteiger charge is -2.13. The van der Waals surface area contributed by atoms with E-state index >= 15 is 0 Å². The second-order valence-corrected chi connectivity index (χ2v) is 6.39. The van der Waals surface area contributed by atoms with Gasteiger partial charge in [0.05, 0.1) is 20.3 Å². The van der Waals surface area contributed by atoms with Gasteiger partial charge in [0.15, 0.2) is 17.6 Å². The van der Waals surface area contributed by atoms with Crippen molar-refractivity contribution in [3.63, 3.8) is 0 Å². The van der Waals surface area contributed by atoms with Gasteiger partial charge in [0.25, 0.3) is 5.91 Å². The first-order valence-corrected chi connectivity index (χ1v) is 9.28. The fourth-order valence-electron chi connectivity index (χ4n) is 2.66. The second kappa shape index (κ2) is 9.64. The normalized spacial score (nSPS) is 14.0. The summed E-state index contributed by atoms with van der Waals surface area (Å²) < 4.78 is 21.5. The van der Waals surface area contributed by atoms with Crippen molar-refractivity contribution in [1.29, 1.82) is 0 Å². The Morgan fingerprint density at radius 1 is 1.10 bits per heavy atom. The topological polar surface area (TPSA) is 83.1 Å². The van der Waals surface area contributed by atoms with Gasteiger partial charge in [0.2, 0.25) is 0 Å². The van der Waals surface area contributed by atoms with Crippen LogP contribution >= 0.6 is 0 Å². The van der Waals surface area contributed by atoms with Crippen molar-refractivity contribution in [3.05, 3.63) is 54.1 Å².